The predicted octanol–water partition coefficient (Wildman–Crippen LogP) is 3.90. The Morgan fingerprint density at radius 1 is 1.22 bits per heavy atom. The maximum absolute atomic E-state index is 3.72. The molecule has 0 spiro atoms. The van der Waals surface area contributed by atoms with Crippen LogP contribution in [0.1, 0.15) is 37.7 Å². The van der Waals surface area contributed by atoms with Crippen LogP contribution in [0.3, 0.4) is 0 Å². The highest BCUT2D eigenvalue weighted by Gasteiger charge is 2.24. The molecule has 3 unspecified atom stereocenters. The molecule has 1 aliphatic carbocycles. The van der Waals surface area contributed by atoms with Gasteiger partial charge in [0.05, 0.1) is 0 Å². The van der Waals surface area contributed by atoms with Crippen molar-refractivity contribution in [3.63, 3.8) is 0 Å². The first kappa shape index (κ1) is 12.6. The normalized spacial score (nSPS) is 30.6. The standard InChI is InChI=1S/C16H23NS/c1-12-6-7-13(8-12)9-17-10-14-11-18-16-5-3-2-4-15(14)16/h2-5,12-14,17H,6-11H2,1H3. The zero-order valence-electron chi connectivity index (χ0n) is 11.2. The van der Waals surface area contributed by atoms with E-state index in [0.717, 1.165) is 24.3 Å². The third kappa shape index (κ3) is 2.75. The van der Waals surface area contributed by atoms with Crippen molar-refractivity contribution in [2.45, 2.75) is 37.0 Å². The monoisotopic (exact) mass is 261 g/mol. The van der Waals surface area contributed by atoms with Crippen LogP contribution >= 0.6 is 11.8 Å². The molecule has 0 amide bonds. The number of nitrogens with one attached hydrogen (secondary N) is 1. The van der Waals surface area contributed by atoms with Crippen molar-refractivity contribution in [2.24, 2.45) is 11.8 Å². The lowest BCUT2D eigenvalue weighted by atomic mass is 10.0. The lowest BCUT2D eigenvalue weighted by Gasteiger charge is -2.15. The van der Waals surface area contributed by atoms with Gasteiger partial charge >= 0.3 is 0 Å². The summed E-state index contributed by atoms with van der Waals surface area (Å²) in [6.07, 6.45) is 4.31. The average molecular weight is 261 g/mol. The maximum atomic E-state index is 3.72. The first-order valence-corrected chi connectivity index (χ1v) is 8.24. The fourth-order valence-electron chi connectivity index (χ4n) is 3.37. The molecular weight excluding hydrogens is 238 g/mol. The highest BCUT2D eigenvalue weighted by molar-refractivity contribution is 7.99. The van der Waals surface area contributed by atoms with E-state index in [1.165, 1.54) is 36.5 Å². The summed E-state index contributed by atoms with van der Waals surface area (Å²) in [6.45, 7) is 4.78. The van der Waals surface area contributed by atoms with Gasteiger partial charge in [0, 0.05) is 23.1 Å². The van der Waals surface area contributed by atoms with E-state index in [-0.39, 0.29) is 0 Å². The number of fused-ring (bicyclic) bond motifs is 1. The van der Waals surface area contributed by atoms with E-state index >= 15 is 0 Å². The van der Waals surface area contributed by atoms with Gasteiger partial charge in [0.25, 0.3) is 0 Å². The van der Waals surface area contributed by atoms with Crippen molar-refractivity contribution in [3.8, 4) is 0 Å². The Hall–Kier alpha value is -0.470. The van der Waals surface area contributed by atoms with E-state index in [4.69, 9.17) is 0 Å². The number of rotatable bonds is 4. The predicted molar refractivity (Wildman–Crippen MR) is 79.3 cm³/mol. The summed E-state index contributed by atoms with van der Waals surface area (Å²) in [5.41, 5.74) is 1.56. The second-order valence-electron chi connectivity index (χ2n) is 5.99. The van der Waals surface area contributed by atoms with Crippen molar-refractivity contribution < 1.29 is 0 Å². The van der Waals surface area contributed by atoms with Crippen molar-refractivity contribution in [1.82, 2.24) is 5.32 Å². The fraction of sp³-hybridized carbons (Fsp3) is 0.625. The van der Waals surface area contributed by atoms with E-state index in [0.29, 0.717) is 0 Å². The molecule has 1 heterocycles. The second kappa shape index (κ2) is 5.66. The lowest BCUT2D eigenvalue weighted by Crippen LogP contribution is -2.26. The van der Waals surface area contributed by atoms with Crippen LogP contribution in [0.25, 0.3) is 0 Å². The van der Waals surface area contributed by atoms with Crippen LogP contribution in [-0.4, -0.2) is 18.8 Å². The Kier molecular flexibility index (Phi) is 3.95. The summed E-state index contributed by atoms with van der Waals surface area (Å²) in [5, 5.41) is 3.72. The van der Waals surface area contributed by atoms with Crippen LogP contribution in [0, 0.1) is 11.8 Å². The highest BCUT2D eigenvalue weighted by Crippen LogP contribution is 2.38. The molecule has 1 N–H and O–H groups in total. The summed E-state index contributed by atoms with van der Waals surface area (Å²) in [5.74, 6) is 3.88. The molecule has 3 atom stereocenters. The summed E-state index contributed by atoms with van der Waals surface area (Å²) in [6, 6.07) is 8.90. The molecule has 0 aromatic heterocycles. The first-order chi connectivity index (χ1) is 8.83. The van der Waals surface area contributed by atoms with Gasteiger partial charge < -0.3 is 5.32 Å². The van der Waals surface area contributed by atoms with E-state index in [9.17, 15) is 0 Å². The molecule has 0 bridgehead atoms. The number of benzene rings is 1. The van der Waals surface area contributed by atoms with E-state index in [2.05, 4.69) is 36.5 Å². The quantitative estimate of drug-likeness (QED) is 0.882. The van der Waals surface area contributed by atoms with E-state index < -0.39 is 0 Å². The Bertz CT molecular complexity index is 404. The Morgan fingerprint density at radius 2 is 2.11 bits per heavy atom. The van der Waals surface area contributed by atoms with E-state index in [1.54, 1.807) is 5.56 Å². The largest absolute Gasteiger partial charge is 0.316 e. The van der Waals surface area contributed by atoms with Crippen molar-refractivity contribution in [3.05, 3.63) is 29.8 Å². The van der Waals surface area contributed by atoms with Gasteiger partial charge in [0.1, 0.15) is 0 Å². The zero-order valence-corrected chi connectivity index (χ0v) is 12.0. The van der Waals surface area contributed by atoms with Crippen LogP contribution in [0.4, 0.5) is 0 Å². The lowest BCUT2D eigenvalue weighted by molar-refractivity contribution is 0.463. The third-order valence-corrected chi connectivity index (χ3v) is 5.68. The van der Waals surface area contributed by atoms with Gasteiger partial charge in [-0.1, -0.05) is 31.5 Å². The fourth-order valence-corrected chi connectivity index (χ4v) is 4.62. The van der Waals surface area contributed by atoms with Crippen LogP contribution in [0.2, 0.25) is 0 Å². The molecule has 1 aliphatic heterocycles. The minimum absolute atomic E-state index is 0.727. The van der Waals surface area contributed by atoms with Crippen LogP contribution < -0.4 is 5.32 Å². The van der Waals surface area contributed by atoms with Gasteiger partial charge in [0.2, 0.25) is 0 Å². The first-order valence-electron chi connectivity index (χ1n) is 7.25. The highest BCUT2D eigenvalue weighted by atomic mass is 32.2. The summed E-state index contributed by atoms with van der Waals surface area (Å²) in [7, 11) is 0. The molecule has 18 heavy (non-hydrogen) atoms. The van der Waals surface area contributed by atoms with Gasteiger partial charge in [0.15, 0.2) is 0 Å². The van der Waals surface area contributed by atoms with Gasteiger partial charge in [-0.15, -0.1) is 11.8 Å². The van der Waals surface area contributed by atoms with Crippen molar-refractivity contribution in [1.29, 1.82) is 0 Å². The molecule has 2 heteroatoms. The average Bonchev–Trinajstić information content (AvgIpc) is 2.97. The molecule has 2 aliphatic rings. The molecule has 0 saturated heterocycles. The van der Waals surface area contributed by atoms with Crippen molar-refractivity contribution >= 4 is 11.8 Å². The van der Waals surface area contributed by atoms with Gasteiger partial charge in [-0.05, 0) is 42.9 Å². The van der Waals surface area contributed by atoms with E-state index in [1.807, 2.05) is 11.8 Å². The van der Waals surface area contributed by atoms with Crippen molar-refractivity contribution in [2.75, 3.05) is 18.8 Å². The number of hydrogen-bond donors (Lipinski definition) is 1. The third-order valence-electron chi connectivity index (χ3n) is 4.43. The minimum atomic E-state index is 0.727. The molecule has 1 aromatic rings. The molecule has 1 aromatic carbocycles. The Balaban J connectivity index is 1.47. The smallest absolute Gasteiger partial charge is 0.0108 e. The SMILES string of the molecule is CC1CCC(CNCC2CSc3ccccc32)C1. The zero-order chi connectivity index (χ0) is 12.4. The molecule has 0 radical (unpaired) electrons. The van der Waals surface area contributed by atoms with Gasteiger partial charge in [-0.2, -0.15) is 0 Å². The number of thioether (sulfide) groups is 1. The Morgan fingerprint density at radius 3 is 2.94 bits per heavy atom. The molecule has 3 rings (SSSR count). The molecule has 1 saturated carbocycles. The number of hydrogen-bond acceptors (Lipinski definition) is 2. The topological polar surface area (TPSA) is 12.0 Å². The van der Waals surface area contributed by atoms with Gasteiger partial charge in [-0.25, -0.2) is 0 Å². The summed E-state index contributed by atoms with van der Waals surface area (Å²) < 4.78 is 0. The Labute approximate surface area is 115 Å². The van der Waals surface area contributed by atoms with Crippen LogP contribution in [-0.2, 0) is 0 Å². The van der Waals surface area contributed by atoms with Crippen LogP contribution in [0.15, 0.2) is 29.2 Å². The molecule has 98 valence electrons. The molecular formula is C16H23NS. The summed E-state index contributed by atoms with van der Waals surface area (Å²) in [4.78, 5) is 1.50. The van der Waals surface area contributed by atoms with Crippen LogP contribution in [0.5, 0.6) is 0 Å². The van der Waals surface area contributed by atoms with Gasteiger partial charge in [-0.3, -0.25) is 0 Å². The summed E-state index contributed by atoms with van der Waals surface area (Å²) >= 11 is 2.02. The minimum Gasteiger partial charge on any atom is -0.316 e. The maximum Gasteiger partial charge on any atom is 0.0108 e. The molecule has 1 fully saturated rings. The molecule has 1 nitrogen and oxygen atoms in total. The second-order valence-corrected chi connectivity index (χ2v) is 7.05.